The minimum Gasteiger partial charge on any atom is -0.497 e. The second-order valence-electron chi connectivity index (χ2n) is 10.0. The fraction of sp³-hybridized carbons (Fsp3) is 0.355. The highest BCUT2D eigenvalue weighted by atomic mass is 32.2. The highest BCUT2D eigenvalue weighted by Gasteiger charge is 2.32. The van der Waals surface area contributed by atoms with Crippen LogP contribution in [0.15, 0.2) is 71.6 Å². The van der Waals surface area contributed by atoms with Gasteiger partial charge in [0.2, 0.25) is 11.8 Å². The largest absolute Gasteiger partial charge is 0.497 e. The third kappa shape index (κ3) is 7.63. The molecule has 0 unspecified atom stereocenters. The highest BCUT2D eigenvalue weighted by molar-refractivity contribution is 7.92. The van der Waals surface area contributed by atoms with E-state index in [1.807, 2.05) is 45.9 Å². The van der Waals surface area contributed by atoms with Crippen molar-refractivity contribution >= 4 is 27.5 Å². The van der Waals surface area contributed by atoms with Gasteiger partial charge in [-0.3, -0.25) is 13.9 Å². The van der Waals surface area contributed by atoms with E-state index in [2.05, 4.69) is 5.32 Å². The number of nitrogens with zero attached hydrogens (tertiary/aromatic N) is 2. The number of rotatable bonds is 12. The van der Waals surface area contributed by atoms with Crippen LogP contribution in [0.3, 0.4) is 0 Å². The molecule has 1 N–H and O–H groups in total. The van der Waals surface area contributed by atoms with Crippen LogP contribution in [-0.4, -0.2) is 51.4 Å². The fourth-order valence-corrected chi connectivity index (χ4v) is 5.76. The standard InChI is InChI=1S/C31H39N3O5S/c1-7-16-32-31(36)25(5)33(20-26-10-12-28(39-6)13-11-26)30(35)21-34(27-18-23(3)17-24(4)19-27)40(37,38)29-14-8-22(2)9-15-29/h8-15,17-19,25H,7,16,20-21H2,1-6H3,(H,32,36)/t25-/m0/s1. The van der Waals surface area contributed by atoms with Gasteiger partial charge in [-0.25, -0.2) is 8.42 Å². The Morgan fingerprint density at radius 3 is 2.05 bits per heavy atom. The van der Waals surface area contributed by atoms with Gasteiger partial charge in [-0.2, -0.15) is 0 Å². The van der Waals surface area contributed by atoms with Crippen molar-refractivity contribution in [1.29, 1.82) is 0 Å². The summed E-state index contributed by atoms with van der Waals surface area (Å²) in [6.07, 6.45) is 0.750. The molecule has 0 aliphatic carbocycles. The molecule has 3 aromatic rings. The smallest absolute Gasteiger partial charge is 0.264 e. The lowest BCUT2D eigenvalue weighted by Crippen LogP contribution is -2.51. The molecule has 0 radical (unpaired) electrons. The van der Waals surface area contributed by atoms with Crippen LogP contribution in [0, 0.1) is 20.8 Å². The molecule has 0 heterocycles. The third-order valence-corrected chi connectivity index (χ3v) is 8.40. The number of carbonyl (C=O) groups is 2. The Bertz CT molecular complexity index is 1400. The first-order valence-corrected chi connectivity index (χ1v) is 14.8. The van der Waals surface area contributed by atoms with Gasteiger partial charge in [-0.05, 0) is 87.2 Å². The number of benzene rings is 3. The number of anilines is 1. The van der Waals surface area contributed by atoms with Crippen LogP contribution in [0.4, 0.5) is 5.69 Å². The van der Waals surface area contributed by atoms with Crippen molar-refractivity contribution in [3.63, 3.8) is 0 Å². The highest BCUT2D eigenvalue weighted by Crippen LogP contribution is 2.27. The molecule has 40 heavy (non-hydrogen) atoms. The molecule has 0 aliphatic rings. The summed E-state index contributed by atoms with van der Waals surface area (Å²) in [5.41, 5.74) is 3.83. The Labute approximate surface area is 238 Å². The van der Waals surface area contributed by atoms with Gasteiger partial charge in [0.15, 0.2) is 0 Å². The summed E-state index contributed by atoms with van der Waals surface area (Å²) in [7, 11) is -2.54. The molecule has 0 bridgehead atoms. The zero-order chi connectivity index (χ0) is 29.4. The third-order valence-electron chi connectivity index (χ3n) is 6.61. The van der Waals surface area contributed by atoms with Crippen molar-refractivity contribution < 1.29 is 22.7 Å². The van der Waals surface area contributed by atoms with E-state index in [1.54, 1.807) is 62.6 Å². The van der Waals surface area contributed by atoms with E-state index in [0.29, 0.717) is 18.0 Å². The van der Waals surface area contributed by atoms with E-state index in [0.717, 1.165) is 33.0 Å². The van der Waals surface area contributed by atoms with Gasteiger partial charge in [-0.1, -0.05) is 42.8 Å². The first-order chi connectivity index (χ1) is 19.0. The summed E-state index contributed by atoms with van der Waals surface area (Å²) in [4.78, 5) is 28.5. The summed E-state index contributed by atoms with van der Waals surface area (Å²) in [5, 5.41) is 2.85. The van der Waals surface area contributed by atoms with Crippen molar-refractivity contribution in [2.75, 3.05) is 24.5 Å². The molecule has 3 rings (SSSR count). The summed E-state index contributed by atoms with van der Waals surface area (Å²) in [6, 6.07) is 18.3. The molecule has 0 saturated carbocycles. The van der Waals surface area contributed by atoms with E-state index in [-0.39, 0.29) is 17.3 Å². The second-order valence-corrected chi connectivity index (χ2v) is 11.9. The number of carbonyl (C=O) groups excluding carboxylic acids is 2. The monoisotopic (exact) mass is 565 g/mol. The molecule has 9 heteroatoms. The average molecular weight is 566 g/mol. The van der Waals surface area contributed by atoms with Crippen molar-refractivity contribution in [3.8, 4) is 5.75 Å². The van der Waals surface area contributed by atoms with E-state index < -0.39 is 28.5 Å². The van der Waals surface area contributed by atoms with Crippen molar-refractivity contribution in [2.24, 2.45) is 0 Å². The molecule has 0 saturated heterocycles. The Kier molecular flexibility index (Phi) is 10.3. The number of amides is 2. The maximum atomic E-state index is 14.0. The maximum Gasteiger partial charge on any atom is 0.264 e. The average Bonchev–Trinajstić information content (AvgIpc) is 2.92. The molecule has 0 aliphatic heterocycles. The number of nitrogens with one attached hydrogen (secondary N) is 1. The second kappa shape index (κ2) is 13.5. The van der Waals surface area contributed by atoms with Crippen LogP contribution in [0.1, 0.15) is 42.5 Å². The Balaban J connectivity index is 2.04. The molecule has 8 nitrogen and oxygen atoms in total. The van der Waals surface area contributed by atoms with Gasteiger partial charge in [0, 0.05) is 13.1 Å². The van der Waals surface area contributed by atoms with Crippen LogP contribution < -0.4 is 14.4 Å². The lowest BCUT2D eigenvalue weighted by Gasteiger charge is -2.32. The van der Waals surface area contributed by atoms with Gasteiger partial charge in [-0.15, -0.1) is 0 Å². The topological polar surface area (TPSA) is 96.0 Å². The van der Waals surface area contributed by atoms with Crippen LogP contribution in [0.2, 0.25) is 0 Å². The van der Waals surface area contributed by atoms with Crippen LogP contribution >= 0.6 is 0 Å². The lowest BCUT2D eigenvalue weighted by molar-refractivity contribution is -0.139. The molecule has 0 aromatic heterocycles. The quantitative estimate of drug-likeness (QED) is 0.342. The fourth-order valence-electron chi connectivity index (χ4n) is 4.37. The molecular formula is C31H39N3O5S. The molecule has 214 valence electrons. The number of methoxy groups -OCH3 is 1. The van der Waals surface area contributed by atoms with E-state index >= 15 is 0 Å². The zero-order valence-electron chi connectivity index (χ0n) is 24.1. The van der Waals surface area contributed by atoms with Crippen LogP contribution in [0.25, 0.3) is 0 Å². The summed E-state index contributed by atoms with van der Waals surface area (Å²) in [5.74, 6) is -0.131. The number of aryl methyl sites for hydroxylation is 3. The molecule has 1 atom stereocenters. The summed E-state index contributed by atoms with van der Waals surface area (Å²) in [6.45, 7) is 9.37. The van der Waals surface area contributed by atoms with Crippen LogP contribution in [0.5, 0.6) is 5.75 Å². The Morgan fingerprint density at radius 1 is 0.900 bits per heavy atom. The van der Waals surface area contributed by atoms with Crippen molar-refractivity contribution in [3.05, 3.63) is 89.0 Å². The van der Waals surface area contributed by atoms with Gasteiger partial charge in [0.25, 0.3) is 10.0 Å². The van der Waals surface area contributed by atoms with E-state index in [9.17, 15) is 18.0 Å². The van der Waals surface area contributed by atoms with E-state index in [1.165, 1.54) is 4.90 Å². The van der Waals surface area contributed by atoms with Gasteiger partial charge < -0.3 is 15.0 Å². The van der Waals surface area contributed by atoms with Crippen LogP contribution in [-0.2, 0) is 26.2 Å². The SMILES string of the molecule is CCCNC(=O)[C@H](C)N(Cc1ccc(OC)cc1)C(=O)CN(c1cc(C)cc(C)c1)S(=O)(=O)c1ccc(C)cc1. The number of ether oxygens (including phenoxy) is 1. The normalized spacial score (nSPS) is 11.9. The molecular weight excluding hydrogens is 526 g/mol. The summed E-state index contributed by atoms with van der Waals surface area (Å²) < 4.78 is 34.3. The Hall–Kier alpha value is -3.85. The predicted molar refractivity (Wildman–Crippen MR) is 158 cm³/mol. The minimum atomic E-state index is -4.11. The Morgan fingerprint density at radius 2 is 1.50 bits per heavy atom. The van der Waals surface area contributed by atoms with Gasteiger partial charge >= 0.3 is 0 Å². The van der Waals surface area contributed by atoms with Crippen molar-refractivity contribution in [1.82, 2.24) is 10.2 Å². The predicted octanol–water partition coefficient (Wildman–Crippen LogP) is 4.76. The molecule has 0 spiro atoms. The molecule has 2 amide bonds. The zero-order valence-corrected chi connectivity index (χ0v) is 24.9. The molecule has 0 fully saturated rings. The maximum absolute atomic E-state index is 14.0. The van der Waals surface area contributed by atoms with Gasteiger partial charge in [0.1, 0.15) is 18.3 Å². The lowest BCUT2D eigenvalue weighted by atomic mass is 10.1. The van der Waals surface area contributed by atoms with Gasteiger partial charge in [0.05, 0.1) is 17.7 Å². The molecule has 3 aromatic carbocycles. The number of hydrogen-bond acceptors (Lipinski definition) is 5. The van der Waals surface area contributed by atoms with Crippen molar-refractivity contribution in [2.45, 2.75) is 58.5 Å². The van der Waals surface area contributed by atoms with E-state index in [4.69, 9.17) is 4.74 Å². The number of hydrogen-bond donors (Lipinski definition) is 1. The summed E-state index contributed by atoms with van der Waals surface area (Å²) >= 11 is 0. The first-order valence-electron chi connectivity index (χ1n) is 13.3. The number of sulfonamides is 1. The first kappa shape index (κ1) is 30.7. The minimum absolute atomic E-state index is 0.0838.